The van der Waals surface area contributed by atoms with Gasteiger partial charge in [-0.25, -0.2) is 0 Å². The van der Waals surface area contributed by atoms with Gasteiger partial charge in [-0.3, -0.25) is 9.59 Å². The molecule has 0 bridgehead atoms. The topological polar surface area (TPSA) is 75.6 Å². The first kappa shape index (κ1) is 15.4. The number of aliphatic carboxylic acids is 1. The van der Waals surface area contributed by atoms with Crippen LogP contribution in [0.4, 0.5) is 0 Å². The Labute approximate surface area is 124 Å². The molecular weight excluding hydrogens is 270 g/mol. The van der Waals surface area contributed by atoms with Gasteiger partial charge in [0.25, 0.3) is 5.91 Å². The van der Waals surface area contributed by atoms with Crippen LogP contribution in [0.3, 0.4) is 0 Å². The summed E-state index contributed by atoms with van der Waals surface area (Å²) < 4.78 is 5.60. The number of hydrogen-bond donors (Lipinski definition) is 2. The third-order valence-electron chi connectivity index (χ3n) is 3.83. The summed E-state index contributed by atoms with van der Waals surface area (Å²) >= 11 is 0. The molecule has 1 saturated carbocycles. The number of carboxylic acid groups (broad SMARTS) is 1. The number of carboxylic acids is 1. The van der Waals surface area contributed by atoms with Crippen LogP contribution in [0.2, 0.25) is 0 Å². The highest BCUT2D eigenvalue weighted by Crippen LogP contribution is 2.26. The van der Waals surface area contributed by atoms with E-state index in [0.29, 0.717) is 18.6 Å². The van der Waals surface area contributed by atoms with Crippen LogP contribution in [0.5, 0.6) is 5.75 Å². The van der Waals surface area contributed by atoms with Gasteiger partial charge < -0.3 is 15.2 Å². The van der Waals surface area contributed by atoms with Crippen LogP contribution in [-0.2, 0) is 9.59 Å². The molecule has 1 amide bonds. The van der Waals surface area contributed by atoms with Gasteiger partial charge in [0.1, 0.15) is 5.75 Å². The highest BCUT2D eigenvalue weighted by atomic mass is 16.5. The summed E-state index contributed by atoms with van der Waals surface area (Å²) in [5, 5.41) is 11.9. The second kappa shape index (κ2) is 6.61. The van der Waals surface area contributed by atoms with Gasteiger partial charge in [0.2, 0.25) is 0 Å². The van der Waals surface area contributed by atoms with Crippen LogP contribution < -0.4 is 10.1 Å². The Kier molecular flexibility index (Phi) is 4.83. The molecule has 1 unspecified atom stereocenters. The summed E-state index contributed by atoms with van der Waals surface area (Å²) in [4.78, 5) is 23.2. The van der Waals surface area contributed by atoms with Crippen LogP contribution in [0.1, 0.15) is 31.7 Å². The third kappa shape index (κ3) is 3.97. The van der Waals surface area contributed by atoms with E-state index in [-0.39, 0.29) is 11.9 Å². The second-order valence-electron chi connectivity index (χ2n) is 5.57. The summed E-state index contributed by atoms with van der Waals surface area (Å²) in [6.07, 6.45) is 1.50. The minimum Gasteiger partial charge on any atom is -0.481 e. The van der Waals surface area contributed by atoms with Crippen molar-refractivity contribution in [3.05, 3.63) is 29.8 Å². The summed E-state index contributed by atoms with van der Waals surface area (Å²) in [5.74, 6) is -0.960. The number of amides is 1. The molecule has 2 rings (SSSR count). The molecule has 3 atom stereocenters. The van der Waals surface area contributed by atoms with Crippen molar-refractivity contribution in [1.82, 2.24) is 5.32 Å². The number of hydrogen-bond acceptors (Lipinski definition) is 3. The zero-order valence-corrected chi connectivity index (χ0v) is 12.3. The zero-order valence-electron chi connectivity index (χ0n) is 12.3. The van der Waals surface area contributed by atoms with Crippen molar-refractivity contribution in [3.8, 4) is 5.75 Å². The number of benzene rings is 1. The first-order valence-corrected chi connectivity index (χ1v) is 7.24. The average Bonchev–Trinajstić information content (AvgIpc) is 2.87. The maximum Gasteiger partial charge on any atom is 0.308 e. The molecule has 0 radical (unpaired) electrons. The maximum absolute atomic E-state index is 12.1. The molecule has 1 aromatic rings. The predicted molar refractivity (Wildman–Crippen MR) is 78.2 cm³/mol. The van der Waals surface area contributed by atoms with Gasteiger partial charge in [0.05, 0.1) is 5.92 Å². The monoisotopic (exact) mass is 291 g/mol. The number of carbonyl (C=O) groups excluding carboxylic acids is 1. The maximum atomic E-state index is 12.1. The molecule has 5 heteroatoms. The number of carbonyl (C=O) groups is 2. The fourth-order valence-electron chi connectivity index (χ4n) is 2.67. The Morgan fingerprint density at radius 2 is 2.14 bits per heavy atom. The van der Waals surface area contributed by atoms with E-state index in [2.05, 4.69) is 5.32 Å². The van der Waals surface area contributed by atoms with Crippen molar-refractivity contribution in [2.75, 3.05) is 0 Å². The SMILES string of the molecule is Cc1cccc(OC(C)C(=O)N[C@@H]2CCC[C@@H]2C(=O)O)c1. The summed E-state index contributed by atoms with van der Waals surface area (Å²) in [6, 6.07) is 7.19. The van der Waals surface area contributed by atoms with Crippen molar-refractivity contribution in [2.24, 2.45) is 5.92 Å². The van der Waals surface area contributed by atoms with Crippen LogP contribution in [0, 0.1) is 12.8 Å². The predicted octanol–water partition coefficient (Wildman–Crippen LogP) is 2.13. The van der Waals surface area contributed by atoms with Gasteiger partial charge in [-0.1, -0.05) is 18.6 Å². The second-order valence-corrected chi connectivity index (χ2v) is 5.57. The lowest BCUT2D eigenvalue weighted by atomic mass is 10.0. The van der Waals surface area contributed by atoms with E-state index in [1.165, 1.54) is 0 Å². The van der Waals surface area contributed by atoms with E-state index in [0.717, 1.165) is 12.0 Å². The van der Waals surface area contributed by atoms with Crippen LogP contribution in [0.25, 0.3) is 0 Å². The lowest BCUT2D eigenvalue weighted by Crippen LogP contribution is -2.45. The highest BCUT2D eigenvalue weighted by molar-refractivity contribution is 5.82. The number of nitrogens with one attached hydrogen (secondary N) is 1. The van der Waals surface area contributed by atoms with E-state index in [1.807, 2.05) is 25.1 Å². The molecule has 0 aromatic heterocycles. The fourth-order valence-corrected chi connectivity index (χ4v) is 2.67. The molecule has 1 aliphatic rings. The quantitative estimate of drug-likeness (QED) is 0.871. The minimum absolute atomic E-state index is 0.269. The van der Waals surface area contributed by atoms with Crippen molar-refractivity contribution >= 4 is 11.9 Å². The molecule has 1 aromatic carbocycles. The Balaban J connectivity index is 1.92. The van der Waals surface area contributed by atoms with Gasteiger partial charge in [-0.15, -0.1) is 0 Å². The van der Waals surface area contributed by atoms with Gasteiger partial charge in [0.15, 0.2) is 6.10 Å². The van der Waals surface area contributed by atoms with Crippen molar-refractivity contribution in [2.45, 2.75) is 45.3 Å². The zero-order chi connectivity index (χ0) is 15.4. The molecule has 0 saturated heterocycles. The molecular formula is C16H21NO4. The lowest BCUT2D eigenvalue weighted by Gasteiger charge is -2.21. The van der Waals surface area contributed by atoms with E-state index in [4.69, 9.17) is 9.84 Å². The van der Waals surface area contributed by atoms with E-state index in [1.54, 1.807) is 13.0 Å². The van der Waals surface area contributed by atoms with Gasteiger partial charge in [-0.05, 0) is 44.4 Å². The van der Waals surface area contributed by atoms with Gasteiger partial charge in [-0.2, -0.15) is 0 Å². The van der Waals surface area contributed by atoms with Crippen LogP contribution in [0.15, 0.2) is 24.3 Å². The van der Waals surface area contributed by atoms with E-state index < -0.39 is 18.0 Å². The van der Waals surface area contributed by atoms with E-state index in [9.17, 15) is 9.59 Å². The molecule has 114 valence electrons. The first-order valence-electron chi connectivity index (χ1n) is 7.24. The Bertz CT molecular complexity index is 529. The standard InChI is InChI=1S/C16H21NO4/c1-10-5-3-6-12(9-10)21-11(2)15(18)17-14-8-4-7-13(14)16(19)20/h3,5-6,9,11,13-14H,4,7-8H2,1-2H3,(H,17,18)(H,19,20)/t11?,13-,14+/m0/s1. The largest absolute Gasteiger partial charge is 0.481 e. The van der Waals surface area contributed by atoms with Gasteiger partial charge in [0, 0.05) is 6.04 Å². The molecule has 1 aliphatic carbocycles. The normalized spacial score (nSPS) is 22.6. The number of aryl methyl sites for hydroxylation is 1. The molecule has 0 aliphatic heterocycles. The van der Waals surface area contributed by atoms with Crippen molar-refractivity contribution in [3.63, 3.8) is 0 Å². The van der Waals surface area contributed by atoms with Crippen LogP contribution >= 0.6 is 0 Å². The number of ether oxygens (including phenoxy) is 1. The molecule has 5 nitrogen and oxygen atoms in total. The first-order chi connectivity index (χ1) is 9.97. The Morgan fingerprint density at radius 1 is 1.38 bits per heavy atom. The van der Waals surface area contributed by atoms with Crippen molar-refractivity contribution in [1.29, 1.82) is 0 Å². The summed E-state index contributed by atoms with van der Waals surface area (Å²) in [7, 11) is 0. The molecule has 2 N–H and O–H groups in total. The highest BCUT2D eigenvalue weighted by Gasteiger charge is 2.34. The van der Waals surface area contributed by atoms with Crippen molar-refractivity contribution < 1.29 is 19.4 Å². The Morgan fingerprint density at radius 3 is 2.81 bits per heavy atom. The minimum atomic E-state index is -0.843. The molecule has 21 heavy (non-hydrogen) atoms. The third-order valence-corrected chi connectivity index (χ3v) is 3.83. The average molecular weight is 291 g/mol. The van der Waals surface area contributed by atoms with Gasteiger partial charge >= 0.3 is 5.97 Å². The fraction of sp³-hybridized carbons (Fsp3) is 0.500. The molecule has 0 heterocycles. The molecule has 0 spiro atoms. The smallest absolute Gasteiger partial charge is 0.308 e. The number of rotatable bonds is 5. The molecule has 1 fully saturated rings. The Hall–Kier alpha value is -2.04. The van der Waals surface area contributed by atoms with E-state index >= 15 is 0 Å². The summed E-state index contributed by atoms with van der Waals surface area (Å²) in [6.45, 7) is 3.62. The lowest BCUT2D eigenvalue weighted by molar-refractivity contribution is -0.142. The summed E-state index contributed by atoms with van der Waals surface area (Å²) in [5.41, 5.74) is 1.06. The van der Waals surface area contributed by atoms with Crippen LogP contribution in [-0.4, -0.2) is 29.1 Å².